The summed E-state index contributed by atoms with van der Waals surface area (Å²) in [7, 11) is -3.35. The summed E-state index contributed by atoms with van der Waals surface area (Å²) in [6, 6.07) is 0. The van der Waals surface area contributed by atoms with Crippen molar-refractivity contribution in [2.45, 2.75) is 37.4 Å². The topological polar surface area (TPSA) is 60.2 Å². The zero-order valence-electron chi connectivity index (χ0n) is 7.07. The van der Waals surface area contributed by atoms with Crippen LogP contribution >= 0.6 is 0 Å². The quantitative estimate of drug-likeness (QED) is 0.629. The summed E-state index contributed by atoms with van der Waals surface area (Å²) >= 11 is 0. The molecule has 0 aromatic carbocycles. The Morgan fingerprint density at radius 3 is 2.67 bits per heavy atom. The maximum Gasteiger partial charge on any atom is 0.215 e. The first-order valence-corrected chi connectivity index (χ1v) is 5.90. The van der Waals surface area contributed by atoms with E-state index in [0.717, 1.165) is 25.7 Å². The highest BCUT2D eigenvalue weighted by Crippen LogP contribution is 2.15. The summed E-state index contributed by atoms with van der Waals surface area (Å²) in [5.74, 6) is 0. The van der Waals surface area contributed by atoms with E-state index in [1.807, 2.05) is 6.08 Å². The van der Waals surface area contributed by atoms with Crippen LogP contribution in [0.3, 0.4) is 0 Å². The molecule has 70 valence electrons. The SMILES string of the molecule is NS(=O)(=O)C1/C=C\CCCCC1. The molecule has 0 aromatic heterocycles. The third kappa shape index (κ3) is 2.95. The summed E-state index contributed by atoms with van der Waals surface area (Å²) < 4.78 is 22.0. The van der Waals surface area contributed by atoms with Crippen LogP contribution in [0.1, 0.15) is 32.1 Å². The van der Waals surface area contributed by atoms with E-state index in [1.165, 1.54) is 0 Å². The Kier molecular flexibility index (Phi) is 3.29. The fraction of sp³-hybridized carbons (Fsp3) is 0.750. The van der Waals surface area contributed by atoms with E-state index in [9.17, 15) is 8.42 Å². The number of nitrogens with two attached hydrogens (primary N) is 1. The minimum atomic E-state index is -3.35. The molecule has 0 heterocycles. The second-order valence-corrected chi connectivity index (χ2v) is 4.98. The molecule has 0 saturated heterocycles. The fourth-order valence-electron chi connectivity index (χ4n) is 1.40. The molecule has 0 aromatic rings. The largest absolute Gasteiger partial charge is 0.228 e. The third-order valence-corrected chi connectivity index (χ3v) is 3.37. The van der Waals surface area contributed by atoms with Gasteiger partial charge in [-0.2, -0.15) is 0 Å². The molecule has 0 radical (unpaired) electrons. The van der Waals surface area contributed by atoms with Gasteiger partial charge in [-0.15, -0.1) is 0 Å². The van der Waals surface area contributed by atoms with E-state index in [0.29, 0.717) is 6.42 Å². The highest BCUT2D eigenvalue weighted by Gasteiger charge is 2.17. The van der Waals surface area contributed by atoms with E-state index >= 15 is 0 Å². The van der Waals surface area contributed by atoms with Crippen molar-refractivity contribution < 1.29 is 8.42 Å². The number of sulfonamides is 1. The predicted molar refractivity (Wildman–Crippen MR) is 49.1 cm³/mol. The third-order valence-electron chi connectivity index (χ3n) is 2.13. The van der Waals surface area contributed by atoms with E-state index in [4.69, 9.17) is 5.14 Å². The van der Waals surface area contributed by atoms with Crippen LogP contribution in [-0.2, 0) is 10.0 Å². The van der Waals surface area contributed by atoms with Crippen molar-refractivity contribution in [2.24, 2.45) is 5.14 Å². The van der Waals surface area contributed by atoms with Gasteiger partial charge in [0.05, 0.1) is 5.25 Å². The Balaban J connectivity index is 2.68. The van der Waals surface area contributed by atoms with Gasteiger partial charge in [-0.3, -0.25) is 0 Å². The second-order valence-electron chi connectivity index (χ2n) is 3.19. The van der Waals surface area contributed by atoms with Gasteiger partial charge in [-0.1, -0.05) is 25.0 Å². The van der Waals surface area contributed by atoms with Gasteiger partial charge >= 0.3 is 0 Å². The van der Waals surface area contributed by atoms with E-state index in [1.54, 1.807) is 6.08 Å². The maximum atomic E-state index is 11.0. The van der Waals surface area contributed by atoms with Crippen LogP contribution in [0.4, 0.5) is 0 Å². The molecule has 0 saturated carbocycles. The van der Waals surface area contributed by atoms with Crippen molar-refractivity contribution in [1.82, 2.24) is 0 Å². The van der Waals surface area contributed by atoms with Gasteiger partial charge in [0.1, 0.15) is 0 Å². The Hall–Kier alpha value is -0.350. The van der Waals surface area contributed by atoms with Crippen molar-refractivity contribution in [3.05, 3.63) is 12.2 Å². The van der Waals surface area contributed by atoms with Crippen LogP contribution < -0.4 is 5.14 Å². The molecule has 1 aliphatic carbocycles. The summed E-state index contributed by atoms with van der Waals surface area (Å²) in [5.41, 5.74) is 0. The normalized spacial score (nSPS) is 28.9. The average molecular weight is 189 g/mol. The van der Waals surface area contributed by atoms with Gasteiger partial charge in [0, 0.05) is 0 Å². The van der Waals surface area contributed by atoms with E-state index < -0.39 is 15.3 Å². The van der Waals surface area contributed by atoms with E-state index in [2.05, 4.69) is 0 Å². The smallest absolute Gasteiger partial charge is 0.215 e. The average Bonchev–Trinajstić information content (AvgIpc) is 1.81. The fourth-order valence-corrected chi connectivity index (χ4v) is 2.23. The van der Waals surface area contributed by atoms with Gasteiger partial charge in [0.15, 0.2) is 0 Å². The summed E-state index contributed by atoms with van der Waals surface area (Å²) in [6.45, 7) is 0. The minimum absolute atomic E-state index is 0.446. The van der Waals surface area contributed by atoms with Gasteiger partial charge in [0.2, 0.25) is 10.0 Å². The monoisotopic (exact) mass is 189 g/mol. The molecule has 12 heavy (non-hydrogen) atoms. The lowest BCUT2D eigenvalue weighted by Gasteiger charge is -2.12. The standard InChI is InChI=1S/C8H15NO2S/c9-12(10,11)8-6-4-2-1-3-5-7-8/h4,6,8H,1-3,5,7H2,(H2,9,10,11)/b6-4-. The molecule has 0 bridgehead atoms. The lowest BCUT2D eigenvalue weighted by molar-refractivity contribution is 0.571. The van der Waals surface area contributed by atoms with Crippen molar-refractivity contribution >= 4 is 10.0 Å². The molecule has 0 spiro atoms. The van der Waals surface area contributed by atoms with Crippen molar-refractivity contribution in [3.63, 3.8) is 0 Å². The van der Waals surface area contributed by atoms with Crippen LogP contribution in [0.2, 0.25) is 0 Å². The zero-order chi connectivity index (χ0) is 9.03. The first-order valence-electron chi connectivity index (χ1n) is 4.29. The minimum Gasteiger partial charge on any atom is -0.228 e. The molecular formula is C8H15NO2S. The first-order chi connectivity index (χ1) is 5.61. The Labute approximate surface area is 73.7 Å². The van der Waals surface area contributed by atoms with Gasteiger partial charge < -0.3 is 0 Å². The van der Waals surface area contributed by atoms with Gasteiger partial charge in [-0.05, 0) is 19.3 Å². The zero-order valence-corrected chi connectivity index (χ0v) is 7.89. The van der Waals surface area contributed by atoms with E-state index in [-0.39, 0.29) is 0 Å². The van der Waals surface area contributed by atoms with Crippen molar-refractivity contribution in [1.29, 1.82) is 0 Å². The number of hydrogen-bond donors (Lipinski definition) is 1. The van der Waals surface area contributed by atoms with Crippen molar-refractivity contribution in [3.8, 4) is 0 Å². The molecule has 0 amide bonds. The molecule has 1 aliphatic rings. The van der Waals surface area contributed by atoms with Crippen LogP contribution in [0.5, 0.6) is 0 Å². The van der Waals surface area contributed by atoms with Gasteiger partial charge in [0.25, 0.3) is 0 Å². The van der Waals surface area contributed by atoms with Crippen molar-refractivity contribution in [2.75, 3.05) is 0 Å². The molecule has 0 fully saturated rings. The van der Waals surface area contributed by atoms with Gasteiger partial charge in [-0.25, -0.2) is 13.6 Å². The summed E-state index contributed by atoms with van der Waals surface area (Å²) in [5, 5.41) is 4.61. The highest BCUT2D eigenvalue weighted by atomic mass is 32.2. The molecular weight excluding hydrogens is 174 g/mol. The molecule has 2 N–H and O–H groups in total. The van der Waals surface area contributed by atoms with Crippen LogP contribution in [0, 0.1) is 0 Å². The molecule has 1 unspecified atom stereocenters. The number of primary sulfonamides is 1. The Morgan fingerprint density at radius 2 is 2.00 bits per heavy atom. The summed E-state index contributed by atoms with van der Waals surface area (Å²) in [6.07, 6.45) is 8.54. The number of allylic oxidation sites excluding steroid dienone is 1. The number of rotatable bonds is 1. The molecule has 0 aliphatic heterocycles. The Morgan fingerprint density at radius 1 is 1.25 bits per heavy atom. The second kappa shape index (κ2) is 4.05. The maximum absolute atomic E-state index is 11.0. The van der Waals surface area contributed by atoms with Crippen LogP contribution in [-0.4, -0.2) is 13.7 Å². The molecule has 4 heteroatoms. The van der Waals surface area contributed by atoms with Crippen LogP contribution in [0.15, 0.2) is 12.2 Å². The molecule has 1 rings (SSSR count). The summed E-state index contributed by atoms with van der Waals surface area (Å²) in [4.78, 5) is 0. The molecule has 3 nitrogen and oxygen atoms in total. The number of hydrogen-bond acceptors (Lipinski definition) is 2. The lowest BCUT2D eigenvalue weighted by atomic mass is 10.1. The van der Waals surface area contributed by atoms with Crippen LogP contribution in [0.25, 0.3) is 0 Å². The Bertz CT molecular complexity index is 256. The predicted octanol–water partition coefficient (Wildman–Crippen LogP) is 1.16. The molecule has 1 atom stereocenters. The first kappa shape index (κ1) is 9.74. The highest BCUT2D eigenvalue weighted by molar-refractivity contribution is 7.89. The lowest BCUT2D eigenvalue weighted by Crippen LogP contribution is -2.27.